The molecule has 2 N–H and O–H groups in total. The van der Waals surface area contributed by atoms with Crippen molar-refractivity contribution in [3.05, 3.63) is 52.6 Å². The maximum absolute atomic E-state index is 9.75. The van der Waals surface area contributed by atoms with E-state index in [1.807, 2.05) is 24.3 Å². The SMILES string of the molecule is Oc1ccc(-c2ccc(Cl)c(Cl)c2)c2cc[nH]c12. The Labute approximate surface area is 114 Å². The third kappa shape index (κ3) is 1.74. The van der Waals surface area contributed by atoms with Crippen LogP contribution >= 0.6 is 23.2 Å². The summed E-state index contributed by atoms with van der Waals surface area (Å²) in [7, 11) is 0. The van der Waals surface area contributed by atoms with Crippen molar-refractivity contribution >= 4 is 34.1 Å². The van der Waals surface area contributed by atoms with Crippen LogP contribution in [0.3, 0.4) is 0 Å². The standard InChI is InChI=1S/C14H9Cl2NO/c15-11-3-1-8(7-12(11)16)9-2-4-13(18)14-10(9)5-6-17-14/h1-7,17-18H. The predicted octanol–water partition coefficient (Wildman–Crippen LogP) is 4.85. The molecule has 1 heterocycles. The van der Waals surface area contributed by atoms with Crippen LogP contribution in [0.4, 0.5) is 0 Å². The fourth-order valence-corrected chi connectivity index (χ4v) is 2.35. The Balaban J connectivity index is 2.28. The van der Waals surface area contributed by atoms with Crippen molar-refractivity contribution in [2.45, 2.75) is 0 Å². The van der Waals surface area contributed by atoms with Crippen molar-refractivity contribution in [2.24, 2.45) is 0 Å². The molecular formula is C14H9Cl2NO. The highest BCUT2D eigenvalue weighted by atomic mass is 35.5. The molecule has 0 saturated carbocycles. The Morgan fingerprint density at radius 1 is 0.944 bits per heavy atom. The van der Waals surface area contributed by atoms with Crippen molar-refractivity contribution in [1.82, 2.24) is 4.98 Å². The van der Waals surface area contributed by atoms with Gasteiger partial charge in [0, 0.05) is 11.6 Å². The zero-order valence-electron chi connectivity index (χ0n) is 9.24. The van der Waals surface area contributed by atoms with Crippen molar-refractivity contribution in [3.8, 4) is 16.9 Å². The number of halogens is 2. The molecule has 0 unspecified atom stereocenters. The highest BCUT2D eigenvalue weighted by Gasteiger charge is 2.09. The molecule has 4 heteroatoms. The molecule has 2 aromatic carbocycles. The topological polar surface area (TPSA) is 36.0 Å². The lowest BCUT2D eigenvalue weighted by Gasteiger charge is -2.06. The first-order chi connectivity index (χ1) is 8.66. The fourth-order valence-electron chi connectivity index (χ4n) is 2.06. The van der Waals surface area contributed by atoms with Crippen LogP contribution in [0.2, 0.25) is 10.0 Å². The van der Waals surface area contributed by atoms with Gasteiger partial charge >= 0.3 is 0 Å². The molecule has 3 aromatic rings. The van der Waals surface area contributed by atoms with Gasteiger partial charge in [-0.3, -0.25) is 0 Å². The van der Waals surface area contributed by atoms with Gasteiger partial charge in [-0.2, -0.15) is 0 Å². The van der Waals surface area contributed by atoms with Crippen LogP contribution in [0.15, 0.2) is 42.6 Å². The van der Waals surface area contributed by atoms with E-state index in [1.165, 1.54) is 0 Å². The molecule has 0 spiro atoms. The number of nitrogens with one attached hydrogen (secondary N) is 1. The molecule has 0 saturated heterocycles. The molecule has 0 radical (unpaired) electrons. The normalized spacial score (nSPS) is 11.0. The van der Waals surface area contributed by atoms with Crippen molar-refractivity contribution in [1.29, 1.82) is 0 Å². The number of aromatic amines is 1. The van der Waals surface area contributed by atoms with Gasteiger partial charge in [0.05, 0.1) is 15.6 Å². The minimum absolute atomic E-state index is 0.235. The van der Waals surface area contributed by atoms with Gasteiger partial charge in [-0.1, -0.05) is 29.3 Å². The van der Waals surface area contributed by atoms with Gasteiger partial charge in [-0.15, -0.1) is 0 Å². The zero-order valence-corrected chi connectivity index (χ0v) is 10.8. The number of hydrogen-bond acceptors (Lipinski definition) is 1. The van der Waals surface area contributed by atoms with Gasteiger partial charge in [-0.05, 0) is 41.5 Å². The molecule has 2 nitrogen and oxygen atoms in total. The second-order valence-corrected chi connectivity index (χ2v) is 4.84. The molecule has 0 aliphatic carbocycles. The van der Waals surface area contributed by atoms with Crippen LogP contribution in [0.25, 0.3) is 22.0 Å². The van der Waals surface area contributed by atoms with Crippen LogP contribution in [-0.2, 0) is 0 Å². The zero-order chi connectivity index (χ0) is 12.7. The summed E-state index contributed by atoms with van der Waals surface area (Å²) in [5, 5.41) is 11.8. The van der Waals surface area contributed by atoms with Gasteiger partial charge in [0.2, 0.25) is 0 Å². The molecule has 3 rings (SSSR count). The maximum atomic E-state index is 9.75. The molecule has 0 amide bonds. The monoisotopic (exact) mass is 277 g/mol. The number of aromatic hydroxyl groups is 1. The van der Waals surface area contributed by atoms with E-state index in [-0.39, 0.29) is 5.75 Å². The molecule has 0 aliphatic heterocycles. The van der Waals surface area contributed by atoms with E-state index in [2.05, 4.69) is 4.98 Å². The minimum Gasteiger partial charge on any atom is -0.506 e. The predicted molar refractivity (Wildman–Crippen MR) is 75.4 cm³/mol. The van der Waals surface area contributed by atoms with Crippen LogP contribution in [-0.4, -0.2) is 10.1 Å². The Kier molecular flexibility index (Phi) is 2.69. The molecule has 0 aliphatic rings. The lowest BCUT2D eigenvalue weighted by molar-refractivity contribution is 0.480. The van der Waals surface area contributed by atoms with Crippen molar-refractivity contribution in [2.75, 3.05) is 0 Å². The third-order valence-electron chi connectivity index (χ3n) is 2.93. The number of aromatic nitrogens is 1. The lowest BCUT2D eigenvalue weighted by atomic mass is 10.0. The summed E-state index contributed by atoms with van der Waals surface area (Å²) in [6.07, 6.45) is 1.80. The summed E-state index contributed by atoms with van der Waals surface area (Å²) >= 11 is 11.9. The third-order valence-corrected chi connectivity index (χ3v) is 3.67. The molecule has 90 valence electrons. The Morgan fingerprint density at radius 3 is 2.56 bits per heavy atom. The fraction of sp³-hybridized carbons (Fsp3) is 0. The van der Waals surface area contributed by atoms with E-state index in [1.54, 1.807) is 18.3 Å². The highest BCUT2D eigenvalue weighted by molar-refractivity contribution is 6.42. The smallest absolute Gasteiger partial charge is 0.139 e. The summed E-state index contributed by atoms with van der Waals surface area (Å²) in [6, 6.07) is 11.0. The first-order valence-electron chi connectivity index (χ1n) is 5.41. The van der Waals surface area contributed by atoms with E-state index < -0.39 is 0 Å². The summed E-state index contributed by atoms with van der Waals surface area (Å²) in [5.74, 6) is 0.235. The average Bonchev–Trinajstić information content (AvgIpc) is 2.83. The number of hydrogen-bond donors (Lipinski definition) is 2. The number of phenolic OH excluding ortho intramolecular Hbond substituents is 1. The highest BCUT2D eigenvalue weighted by Crippen LogP contribution is 2.35. The largest absolute Gasteiger partial charge is 0.506 e. The Bertz CT molecular complexity index is 734. The molecule has 0 bridgehead atoms. The molecule has 0 atom stereocenters. The van der Waals surface area contributed by atoms with Crippen LogP contribution in [0, 0.1) is 0 Å². The molecule has 18 heavy (non-hydrogen) atoms. The van der Waals surface area contributed by atoms with Crippen molar-refractivity contribution < 1.29 is 5.11 Å². The first kappa shape index (κ1) is 11.5. The van der Waals surface area contributed by atoms with E-state index in [4.69, 9.17) is 23.2 Å². The van der Waals surface area contributed by atoms with E-state index in [9.17, 15) is 5.11 Å². The lowest BCUT2D eigenvalue weighted by Crippen LogP contribution is -1.81. The second-order valence-electron chi connectivity index (χ2n) is 4.03. The summed E-state index contributed by atoms with van der Waals surface area (Å²) in [6.45, 7) is 0. The number of fused-ring (bicyclic) bond motifs is 1. The van der Waals surface area contributed by atoms with Crippen molar-refractivity contribution in [3.63, 3.8) is 0 Å². The molecular weight excluding hydrogens is 269 g/mol. The number of benzene rings is 2. The quantitative estimate of drug-likeness (QED) is 0.656. The summed E-state index contributed by atoms with van der Waals surface area (Å²) < 4.78 is 0. The minimum atomic E-state index is 0.235. The van der Waals surface area contributed by atoms with Crippen LogP contribution in [0.5, 0.6) is 5.75 Å². The van der Waals surface area contributed by atoms with Gasteiger partial charge in [-0.25, -0.2) is 0 Å². The Morgan fingerprint density at radius 2 is 1.78 bits per heavy atom. The summed E-state index contributed by atoms with van der Waals surface area (Å²) in [5.41, 5.74) is 2.69. The van der Waals surface area contributed by atoms with Gasteiger partial charge < -0.3 is 10.1 Å². The second kappa shape index (κ2) is 4.23. The summed E-state index contributed by atoms with van der Waals surface area (Å²) in [4.78, 5) is 3.01. The number of phenols is 1. The number of H-pyrrole nitrogens is 1. The van der Waals surface area contributed by atoms with E-state index in [0.29, 0.717) is 10.0 Å². The molecule has 0 fully saturated rings. The van der Waals surface area contributed by atoms with Gasteiger partial charge in [0.1, 0.15) is 5.75 Å². The first-order valence-corrected chi connectivity index (χ1v) is 6.17. The van der Waals surface area contributed by atoms with Gasteiger partial charge in [0.15, 0.2) is 0 Å². The average molecular weight is 278 g/mol. The number of rotatable bonds is 1. The molecule has 1 aromatic heterocycles. The van der Waals surface area contributed by atoms with E-state index in [0.717, 1.165) is 22.0 Å². The van der Waals surface area contributed by atoms with Crippen LogP contribution < -0.4 is 0 Å². The maximum Gasteiger partial charge on any atom is 0.139 e. The van der Waals surface area contributed by atoms with Gasteiger partial charge in [0.25, 0.3) is 0 Å². The van der Waals surface area contributed by atoms with Crippen LogP contribution in [0.1, 0.15) is 0 Å². The van der Waals surface area contributed by atoms with E-state index >= 15 is 0 Å². The Hall–Kier alpha value is -1.64.